The van der Waals surface area contributed by atoms with Crippen LogP contribution in [0.15, 0.2) is 41.1 Å². The van der Waals surface area contributed by atoms with E-state index in [9.17, 15) is 29.0 Å². The molecule has 9 heteroatoms. The minimum absolute atomic E-state index is 0.0925. The molecule has 0 radical (unpaired) electrons. The Morgan fingerprint density at radius 3 is 2.53 bits per heavy atom. The fourth-order valence-electron chi connectivity index (χ4n) is 4.63. The summed E-state index contributed by atoms with van der Waals surface area (Å²) in [6.45, 7) is -1.78. The molecule has 0 saturated heterocycles. The van der Waals surface area contributed by atoms with Crippen molar-refractivity contribution in [3.63, 3.8) is 0 Å². The van der Waals surface area contributed by atoms with Gasteiger partial charge in [0.2, 0.25) is 0 Å². The maximum atomic E-state index is 12.5. The van der Waals surface area contributed by atoms with Gasteiger partial charge in [-0.15, -0.1) is 0 Å². The summed E-state index contributed by atoms with van der Waals surface area (Å²) in [5.74, 6) is -0.678. The van der Waals surface area contributed by atoms with Crippen LogP contribution < -0.4 is 10.5 Å². The minimum atomic E-state index is -4.47. The molecule has 0 aromatic heterocycles. The number of nitrogens with two attached hydrogens (primary N) is 1. The highest BCUT2D eigenvalue weighted by molar-refractivity contribution is 5.59. The fourth-order valence-corrected chi connectivity index (χ4v) is 4.63. The zero-order valence-corrected chi connectivity index (χ0v) is 17.4. The van der Waals surface area contributed by atoms with Gasteiger partial charge >= 0.3 is 6.18 Å². The largest absolute Gasteiger partial charge is 0.496 e. The molecule has 0 bridgehead atoms. The number of ether oxygens (including phenoxy) is 2. The molecule has 0 heterocycles. The van der Waals surface area contributed by atoms with Gasteiger partial charge in [0.25, 0.3) is 0 Å². The summed E-state index contributed by atoms with van der Waals surface area (Å²) in [7, 11) is 1.39. The summed E-state index contributed by atoms with van der Waals surface area (Å²) in [6.07, 6.45) is -0.343. The van der Waals surface area contributed by atoms with E-state index in [1.165, 1.54) is 7.11 Å². The number of halogens is 3. The van der Waals surface area contributed by atoms with Crippen molar-refractivity contribution in [2.75, 3.05) is 13.7 Å². The molecule has 3 rings (SSSR count). The maximum absolute atomic E-state index is 12.5. The average Bonchev–Trinajstić information content (AvgIpc) is 2.77. The van der Waals surface area contributed by atoms with E-state index in [4.69, 9.17) is 15.2 Å². The molecule has 1 aromatic carbocycles. The first-order valence-corrected chi connectivity index (χ1v) is 9.97. The van der Waals surface area contributed by atoms with Gasteiger partial charge in [0.1, 0.15) is 18.4 Å². The summed E-state index contributed by atoms with van der Waals surface area (Å²) in [4.78, 5) is 0. The van der Waals surface area contributed by atoms with Crippen molar-refractivity contribution < 1.29 is 22.6 Å². The molecule has 32 heavy (non-hydrogen) atoms. The Hall–Kier alpha value is -3.48. The van der Waals surface area contributed by atoms with Crippen LogP contribution in [0.4, 0.5) is 13.2 Å². The Morgan fingerprint density at radius 2 is 1.94 bits per heavy atom. The van der Waals surface area contributed by atoms with Crippen molar-refractivity contribution in [2.24, 2.45) is 17.1 Å². The summed E-state index contributed by atoms with van der Waals surface area (Å²) in [5.41, 5.74) is 6.15. The Morgan fingerprint density at radius 1 is 1.22 bits per heavy atom. The standard InChI is InChI=1S/C23H21F3N4O2/c1-31-19-7-6-14(8-15(19)10-32-13-23(24,25)26)20-17-5-3-2-4-16(17)18(9-27)21(30)22(20,11-28)12-29/h4,6-8,17,20H,2-3,5,10,13,30H2,1H3/t17-,20-/m0/s1. The van der Waals surface area contributed by atoms with Crippen LogP contribution in [0.25, 0.3) is 0 Å². The van der Waals surface area contributed by atoms with Crippen molar-refractivity contribution in [1.82, 2.24) is 0 Å². The molecule has 0 aliphatic heterocycles. The van der Waals surface area contributed by atoms with Gasteiger partial charge in [0.05, 0.1) is 37.1 Å². The van der Waals surface area contributed by atoms with Crippen LogP contribution >= 0.6 is 0 Å². The van der Waals surface area contributed by atoms with E-state index in [1.54, 1.807) is 18.2 Å². The second-order valence-corrected chi connectivity index (χ2v) is 7.79. The molecule has 0 fully saturated rings. The molecule has 0 spiro atoms. The van der Waals surface area contributed by atoms with Crippen molar-refractivity contribution in [2.45, 2.75) is 38.0 Å². The number of nitrogens with zero attached hydrogens (tertiary/aromatic N) is 3. The summed E-state index contributed by atoms with van der Waals surface area (Å²) in [6, 6.07) is 11.0. The van der Waals surface area contributed by atoms with Crippen molar-refractivity contribution in [1.29, 1.82) is 15.8 Å². The zero-order valence-electron chi connectivity index (χ0n) is 17.4. The molecule has 2 N–H and O–H groups in total. The monoisotopic (exact) mass is 442 g/mol. The number of methoxy groups -OCH3 is 1. The van der Waals surface area contributed by atoms with Crippen molar-refractivity contribution in [3.05, 3.63) is 52.2 Å². The highest BCUT2D eigenvalue weighted by Gasteiger charge is 2.53. The molecular weight excluding hydrogens is 421 g/mol. The second-order valence-electron chi connectivity index (χ2n) is 7.79. The van der Waals surface area contributed by atoms with Gasteiger partial charge in [-0.2, -0.15) is 29.0 Å². The van der Waals surface area contributed by atoms with E-state index in [-0.39, 0.29) is 23.8 Å². The van der Waals surface area contributed by atoms with Gasteiger partial charge in [-0.1, -0.05) is 12.1 Å². The molecule has 166 valence electrons. The summed E-state index contributed by atoms with van der Waals surface area (Å²) < 4.78 is 47.6. The SMILES string of the molecule is COc1ccc([C@H]2[C@H]3CCCC=C3C(C#N)=C(N)C2(C#N)C#N)cc1COCC(F)(F)F. The predicted molar refractivity (Wildman–Crippen MR) is 107 cm³/mol. The Balaban J connectivity index is 2.13. The molecule has 0 amide bonds. The number of rotatable bonds is 5. The molecule has 0 unspecified atom stereocenters. The van der Waals surface area contributed by atoms with Crippen LogP contribution in [0.3, 0.4) is 0 Å². The molecule has 0 saturated carbocycles. The van der Waals surface area contributed by atoms with Gasteiger partial charge in [-0.25, -0.2) is 0 Å². The van der Waals surface area contributed by atoms with E-state index in [0.717, 1.165) is 12.8 Å². The van der Waals surface area contributed by atoms with Gasteiger partial charge < -0.3 is 15.2 Å². The predicted octanol–water partition coefficient (Wildman–Crippen LogP) is 4.37. The van der Waals surface area contributed by atoms with E-state index >= 15 is 0 Å². The topological polar surface area (TPSA) is 116 Å². The lowest BCUT2D eigenvalue weighted by Crippen LogP contribution is -2.42. The van der Waals surface area contributed by atoms with Crippen LogP contribution in [-0.4, -0.2) is 19.9 Å². The van der Waals surface area contributed by atoms with Crippen molar-refractivity contribution in [3.8, 4) is 24.0 Å². The van der Waals surface area contributed by atoms with Crippen LogP contribution in [0.1, 0.15) is 36.3 Å². The Bertz CT molecular complexity index is 1070. The van der Waals surface area contributed by atoms with Gasteiger partial charge in [-0.05, 0) is 48.4 Å². The smallest absolute Gasteiger partial charge is 0.411 e. The molecule has 2 aliphatic rings. The van der Waals surface area contributed by atoms with E-state index in [0.29, 0.717) is 28.9 Å². The number of fused-ring (bicyclic) bond motifs is 1. The maximum Gasteiger partial charge on any atom is 0.411 e. The zero-order chi connectivity index (χ0) is 23.5. The van der Waals surface area contributed by atoms with Crippen LogP contribution in [0, 0.1) is 45.3 Å². The van der Waals surface area contributed by atoms with Crippen molar-refractivity contribution >= 4 is 0 Å². The summed E-state index contributed by atoms with van der Waals surface area (Å²) in [5, 5.41) is 29.8. The first-order valence-electron chi connectivity index (χ1n) is 9.97. The number of alkyl halides is 3. The summed E-state index contributed by atoms with van der Waals surface area (Å²) >= 11 is 0. The minimum Gasteiger partial charge on any atom is -0.496 e. The van der Waals surface area contributed by atoms with E-state index < -0.39 is 24.1 Å². The van der Waals surface area contributed by atoms with Gasteiger partial charge in [0.15, 0.2) is 5.41 Å². The Kier molecular flexibility index (Phi) is 6.48. The van der Waals surface area contributed by atoms with E-state index in [1.807, 2.05) is 18.2 Å². The third-order valence-electron chi connectivity index (χ3n) is 5.99. The van der Waals surface area contributed by atoms with Crippen LogP contribution in [0.2, 0.25) is 0 Å². The first-order chi connectivity index (χ1) is 15.2. The van der Waals surface area contributed by atoms with E-state index in [2.05, 4.69) is 6.07 Å². The number of allylic oxidation sites excluding steroid dienone is 4. The van der Waals surface area contributed by atoms with Crippen LogP contribution in [-0.2, 0) is 11.3 Å². The molecule has 6 nitrogen and oxygen atoms in total. The second kappa shape index (κ2) is 8.94. The Labute approximate surface area is 183 Å². The number of hydrogen-bond donors (Lipinski definition) is 1. The van der Waals surface area contributed by atoms with Gasteiger partial charge in [0, 0.05) is 11.5 Å². The third kappa shape index (κ3) is 4.02. The molecule has 2 atom stereocenters. The highest BCUT2D eigenvalue weighted by atomic mass is 19.4. The quantitative estimate of drug-likeness (QED) is 0.724. The lowest BCUT2D eigenvalue weighted by molar-refractivity contribution is -0.176. The lowest BCUT2D eigenvalue weighted by atomic mass is 9.56. The lowest BCUT2D eigenvalue weighted by Gasteiger charge is -2.43. The van der Waals surface area contributed by atoms with Gasteiger partial charge in [-0.3, -0.25) is 0 Å². The third-order valence-corrected chi connectivity index (χ3v) is 5.99. The number of hydrogen-bond acceptors (Lipinski definition) is 6. The molecule has 2 aliphatic carbocycles. The highest BCUT2D eigenvalue weighted by Crippen LogP contribution is 2.56. The number of nitriles is 3. The first kappa shape index (κ1) is 23.2. The average molecular weight is 442 g/mol. The van der Waals surface area contributed by atoms with Crippen LogP contribution in [0.5, 0.6) is 5.75 Å². The molecule has 1 aromatic rings. The molecular formula is C23H21F3N4O2. The number of benzene rings is 1. The normalized spacial score (nSPS) is 22.1. The fraction of sp³-hybridized carbons (Fsp3) is 0.435.